The predicted octanol–water partition coefficient (Wildman–Crippen LogP) is 1.01. The third kappa shape index (κ3) is 2.05. The Morgan fingerprint density at radius 3 is 3.00 bits per heavy atom. The van der Waals surface area contributed by atoms with E-state index in [9.17, 15) is 0 Å². The molecule has 3 nitrogen and oxygen atoms in total. The Bertz CT molecular complexity index is 205. The molecule has 0 saturated carbocycles. The summed E-state index contributed by atoms with van der Waals surface area (Å²) in [5.41, 5.74) is 1.26. The summed E-state index contributed by atoms with van der Waals surface area (Å²) in [7, 11) is 0. The molecule has 0 aromatic carbocycles. The highest BCUT2D eigenvalue weighted by atomic mass is 15.3. The minimum absolute atomic E-state index is 0.921. The Kier molecular flexibility index (Phi) is 3.11. The number of nitrogens with one attached hydrogen (secondary N) is 1. The van der Waals surface area contributed by atoms with Crippen molar-refractivity contribution in [3.63, 3.8) is 0 Å². The van der Waals surface area contributed by atoms with Crippen molar-refractivity contribution in [1.29, 1.82) is 0 Å². The van der Waals surface area contributed by atoms with Crippen LogP contribution in [0.5, 0.6) is 0 Å². The second kappa shape index (κ2) is 4.13. The molecule has 0 saturated heterocycles. The zero-order chi connectivity index (χ0) is 8.10. The summed E-state index contributed by atoms with van der Waals surface area (Å²) in [6, 6.07) is 2.05. The first kappa shape index (κ1) is 8.27. The number of rotatable bonds is 4. The fourth-order valence-electron chi connectivity index (χ4n) is 1.05. The summed E-state index contributed by atoms with van der Waals surface area (Å²) in [5, 5.41) is 7.43. The third-order valence-corrected chi connectivity index (χ3v) is 1.66. The van der Waals surface area contributed by atoms with Crippen molar-refractivity contribution in [2.45, 2.75) is 26.9 Å². The van der Waals surface area contributed by atoms with Crippen LogP contribution in [-0.2, 0) is 13.1 Å². The molecule has 0 bridgehead atoms. The van der Waals surface area contributed by atoms with Crippen molar-refractivity contribution in [3.8, 4) is 0 Å². The van der Waals surface area contributed by atoms with Crippen molar-refractivity contribution in [2.24, 2.45) is 0 Å². The Morgan fingerprint density at radius 1 is 1.55 bits per heavy atom. The highest BCUT2D eigenvalue weighted by Gasteiger charge is 1.97. The van der Waals surface area contributed by atoms with Gasteiger partial charge in [0.25, 0.3) is 0 Å². The minimum Gasteiger partial charge on any atom is -0.311 e. The molecular weight excluding hydrogens is 138 g/mol. The summed E-state index contributed by atoms with van der Waals surface area (Å²) in [5.74, 6) is 0. The molecule has 1 aromatic heterocycles. The van der Waals surface area contributed by atoms with E-state index in [2.05, 4.69) is 24.3 Å². The topological polar surface area (TPSA) is 29.9 Å². The zero-order valence-corrected chi connectivity index (χ0v) is 7.17. The summed E-state index contributed by atoms with van der Waals surface area (Å²) >= 11 is 0. The lowest BCUT2D eigenvalue weighted by Gasteiger charge is -2.03. The lowest BCUT2D eigenvalue weighted by molar-refractivity contribution is 0.590. The standard InChI is InChI=1S/C8H15N3/c1-3-9-7-8-5-6-10-11(8)4-2/h5-6,9H,3-4,7H2,1-2H3. The Labute approximate surface area is 67.4 Å². The van der Waals surface area contributed by atoms with E-state index in [1.807, 2.05) is 16.9 Å². The highest BCUT2D eigenvalue weighted by molar-refractivity contribution is 4.99. The van der Waals surface area contributed by atoms with Gasteiger partial charge in [0.2, 0.25) is 0 Å². The van der Waals surface area contributed by atoms with Crippen molar-refractivity contribution < 1.29 is 0 Å². The molecule has 11 heavy (non-hydrogen) atoms. The van der Waals surface area contributed by atoms with Gasteiger partial charge in [-0.05, 0) is 19.5 Å². The maximum absolute atomic E-state index is 4.16. The molecule has 1 heterocycles. The van der Waals surface area contributed by atoms with Gasteiger partial charge in [-0.15, -0.1) is 0 Å². The molecule has 0 unspecified atom stereocenters. The van der Waals surface area contributed by atoms with E-state index in [1.54, 1.807) is 0 Å². The normalized spacial score (nSPS) is 10.4. The summed E-state index contributed by atoms with van der Waals surface area (Å²) < 4.78 is 2.00. The first-order chi connectivity index (χ1) is 5.38. The van der Waals surface area contributed by atoms with E-state index in [1.165, 1.54) is 5.69 Å². The molecule has 0 amide bonds. The lowest BCUT2D eigenvalue weighted by Crippen LogP contribution is -2.15. The van der Waals surface area contributed by atoms with Gasteiger partial charge in [0.1, 0.15) is 0 Å². The fraction of sp³-hybridized carbons (Fsp3) is 0.625. The third-order valence-electron chi connectivity index (χ3n) is 1.66. The summed E-state index contributed by atoms with van der Waals surface area (Å²) in [6.07, 6.45) is 1.84. The summed E-state index contributed by atoms with van der Waals surface area (Å²) in [6.45, 7) is 7.09. The van der Waals surface area contributed by atoms with Crippen LogP contribution in [0.1, 0.15) is 19.5 Å². The van der Waals surface area contributed by atoms with E-state index in [0.29, 0.717) is 0 Å². The molecule has 0 aliphatic carbocycles. The largest absolute Gasteiger partial charge is 0.311 e. The number of hydrogen-bond acceptors (Lipinski definition) is 2. The molecule has 62 valence electrons. The number of nitrogens with zero attached hydrogens (tertiary/aromatic N) is 2. The van der Waals surface area contributed by atoms with E-state index in [4.69, 9.17) is 0 Å². The minimum atomic E-state index is 0.921. The molecule has 0 aliphatic rings. The molecule has 0 radical (unpaired) electrons. The SMILES string of the molecule is CCNCc1ccnn1CC. The van der Waals surface area contributed by atoms with E-state index in [-0.39, 0.29) is 0 Å². The smallest absolute Gasteiger partial charge is 0.0521 e. The van der Waals surface area contributed by atoms with Crippen molar-refractivity contribution >= 4 is 0 Å². The second-order valence-corrected chi connectivity index (χ2v) is 2.42. The van der Waals surface area contributed by atoms with Crippen LogP contribution in [0.15, 0.2) is 12.3 Å². The van der Waals surface area contributed by atoms with Crippen LogP contribution in [0.4, 0.5) is 0 Å². The molecule has 0 fully saturated rings. The lowest BCUT2D eigenvalue weighted by atomic mass is 10.4. The predicted molar refractivity (Wildman–Crippen MR) is 45.3 cm³/mol. The zero-order valence-electron chi connectivity index (χ0n) is 7.17. The number of hydrogen-bond donors (Lipinski definition) is 1. The van der Waals surface area contributed by atoms with Gasteiger partial charge in [0, 0.05) is 19.3 Å². The van der Waals surface area contributed by atoms with Gasteiger partial charge in [0.05, 0.1) is 5.69 Å². The first-order valence-corrected chi connectivity index (χ1v) is 4.09. The average molecular weight is 153 g/mol. The number of aromatic nitrogens is 2. The molecular formula is C8H15N3. The molecule has 0 atom stereocenters. The van der Waals surface area contributed by atoms with Gasteiger partial charge >= 0.3 is 0 Å². The van der Waals surface area contributed by atoms with Gasteiger partial charge in [-0.3, -0.25) is 4.68 Å². The average Bonchev–Trinajstić information content (AvgIpc) is 2.47. The maximum atomic E-state index is 4.16. The fourth-order valence-corrected chi connectivity index (χ4v) is 1.05. The van der Waals surface area contributed by atoms with Gasteiger partial charge in [-0.2, -0.15) is 5.10 Å². The van der Waals surface area contributed by atoms with Crippen LogP contribution in [0, 0.1) is 0 Å². The maximum Gasteiger partial charge on any atom is 0.0521 e. The Morgan fingerprint density at radius 2 is 2.36 bits per heavy atom. The van der Waals surface area contributed by atoms with E-state index < -0.39 is 0 Å². The van der Waals surface area contributed by atoms with Gasteiger partial charge in [-0.25, -0.2) is 0 Å². The molecule has 0 aliphatic heterocycles. The van der Waals surface area contributed by atoms with Crippen LogP contribution >= 0.6 is 0 Å². The van der Waals surface area contributed by atoms with Crippen LogP contribution in [0.3, 0.4) is 0 Å². The van der Waals surface area contributed by atoms with Crippen molar-refractivity contribution in [1.82, 2.24) is 15.1 Å². The van der Waals surface area contributed by atoms with Crippen LogP contribution in [0.2, 0.25) is 0 Å². The molecule has 1 N–H and O–H groups in total. The van der Waals surface area contributed by atoms with Crippen molar-refractivity contribution in [2.75, 3.05) is 6.54 Å². The van der Waals surface area contributed by atoms with Crippen molar-refractivity contribution in [3.05, 3.63) is 18.0 Å². The summed E-state index contributed by atoms with van der Waals surface area (Å²) in [4.78, 5) is 0. The van der Waals surface area contributed by atoms with Gasteiger partial charge in [0.15, 0.2) is 0 Å². The number of aryl methyl sites for hydroxylation is 1. The highest BCUT2D eigenvalue weighted by Crippen LogP contribution is 1.96. The van der Waals surface area contributed by atoms with Gasteiger partial charge in [-0.1, -0.05) is 6.92 Å². The molecule has 1 rings (SSSR count). The van der Waals surface area contributed by atoms with Crippen LogP contribution < -0.4 is 5.32 Å². The van der Waals surface area contributed by atoms with Gasteiger partial charge < -0.3 is 5.32 Å². The molecule has 0 spiro atoms. The Balaban J connectivity index is 2.54. The second-order valence-electron chi connectivity index (χ2n) is 2.42. The van der Waals surface area contributed by atoms with Crippen LogP contribution in [0.25, 0.3) is 0 Å². The van der Waals surface area contributed by atoms with E-state index in [0.717, 1.165) is 19.6 Å². The molecule has 3 heteroatoms. The quantitative estimate of drug-likeness (QED) is 0.699. The van der Waals surface area contributed by atoms with Crippen LogP contribution in [-0.4, -0.2) is 16.3 Å². The Hall–Kier alpha value is -0.830. The monoisotopic (exact) mass is 153 g/mol. The molecule has 1 aromatic rings. The van der Waals surface area contributed by atoms with E-state index >= 15 is 0 Å². The first-order valence-electron chi connectivity index (χ1n) is 4.09.